The molecule has 0 radical (unpaired) electrons. The molecule has 5 heteroatoms. The summed E-state index contributed by atoms with van der Waals surface area (Å²) in [6, 6.07) is 5.81. The van der Waals surface area contributed by atoms with Crippen LogP contribution in [0.4, 0.5) is 5.69 Å². The summed E-state index contributed by atoms with van der Waals surface area (Å²) in [7, 11) is 0. The Morgan fingerprint density at radius 2 is 2.11 bits per heavy atom. The number of rotatable bonds is 1. The number of anilines is 1. The molecule has 3 rings (SSSR count). The molecule has 1 spiro atoms. The van der Waals surface area contributed by atoms with Gasteiger partial charge in [-0.15, -0.1) is 0 Å². The predicted octanol–water partition coefficient (Wildman–Crippen LogP) is 4.00. The Hall–Kier alpha value is -1.00. The van der Waals surface area contributed by atoms with Gasteiger partial charge in [0.1, 0.15) is 4.75 Å². The summed E-state index contributed by atoms with van der Waals surface area (Å²) in [5.41, 5.74) is 1.92. The summed E-state index contributed by atoms with van der Waals surface area (Å²) >= 11 is 7.75. The summed E-state index contributed by atoms with van der Waals surface area (Å²) < 4.78 is -0.292. The second kappa shape index (κ2) is 4.84. The van der Waals surface area contributed by atoms with Crippen LogP contribution in [-0.2, 0) is 4.79 Å². The van der Waals surface area contributed by atoms with Gasteiger partial charge in [-0.2, -0.15) is 4.99 Å². The highest BCUT2D eigenvalue weighted by Crippen LogP contribution is 2.46. The van der Waals surface area contributed by atoms with Crippen molar-refractivity contribution in [3.8, 4) is 0 Å². The van der Waals surface area contributed by atoms with Gasteiger partial charge in [-0.1, -0.05) is 42.3 Å². The topological polar surface area (TPSA) is 41.5 Å². The van der Waals surface area contributed by atoms with Crippen molar-refractivity contribution in [1.29, 1.82) is 0 Å². The maximum absolute atomic E-state index is 12.1. The molecule has 0 aromatic heterocycles. The van der Waals surface area contributed by atoms with Crippen LogP contribution < -0.4 is 5.32 Å². The molecular formula is C14H15ClN2OS. The summed E-state index contributed by atoms with van der Waals surface area (Å²) in [5.74, 6) is 0.0146. The minimum absolute atomic E-state index is 0.0146. The van der Waals surface area contributed by atoms with Gasteiger partial charge in [0.25, 0.3) is 5.91 Å². The molecule has 1 aromatic carbocycles. The van der Waals surface area contributed by atoms with Crippen LogP contribution in [-0.4, -0.2) is 15.8 Å². The zero-order valence-corrected chi connectivity index (χ0v) is 12.3. The Morgan fingerprint density at radius 1 is 1.37 bits per heavy atom. The summed E-state index contributed by atoms with van der Waals surface area (Å²) in [6.45, 7) is 1.99. The van der Waals surface area contributed by atoms with Crippen LogP contribution in [0.5, 0.6) is 0 Å². The van der Waals surface area contributed by atoms with Crippen LogP contribution in [0.15, 0.2) is 23.2 Å². The second-order valence-corrected chi connectivity index (χ2v) is 6.91. The SMILES string of the molecule is Cc1ccc(NC2=NC(=O)C3(CCCC3)S2)c(Cl)c1. The minimum atomic E-state index is -0.292. The van der Waals surface area contributed by atoms with Gasteiger partial charge in [-0.25, -0.2) is 0 Å². The van der Waals surface area contributed by atoms with Gasteiger partial charge >= 0.3 is 0 Å². The normalized spacial score (nSPS) is 20.9. The van der Waals surface area contributed by atoms with Crippen molar-refractivity contribution in [2.24, 2.45) is 4.99 Å². The molecule has 1 aliphatic carbocycles. The molecule has 1 fully saturated rings. The first-order chi connectivity index (χ1) is 9.09. The number of nitrogens with zero attached hydrogens (tertiary/aromatic N) is 1. The summed E-state index contributed by atoms with van der Waals surface area (Å²) in [4.78, 5) is 16.2. The molecule has 0 bridgehead atoms. The van der Waals surface area contributed by atoms with Gasteiger partial charge < -0.3 is 5.32 Å². The molecule has 1 heterocycles. The fourth-order valence-corrected chi connectivity index (χ4v) is 4.17. The van der Waals surface area contributed by atoms with Gasteiger partial charge in [-0.05, 0) is 37.5 Å². The maximum atomic E-state index is 12.1. The second-order valence-electron chi connectivity index (χ2n) is 5.13. The number of nitrogens with one attached hydrogen (secondary N) is 1. The first-order valence-corrected chi connectivity index (χ1v) is 7.64. The van der Waals surface area contributed by atoms with E-state index >= 15 is 0 Å². The molecule has 3 nitrogen and oxygen atoms in total. The Morgan fingerprint density at radius 3 is 2.79 bits per heavy atom. The van der Waals surface area contributed by atoms with Gasteiger partial charge in [0, 0.05) is 0 Å². The number of thioether (sulfide) groups is 1. The largest absolute Gasteiger partial charge is 0.333 e. The number of carbonyl (C=O) groups excluding carboxylic acids is 1. The molecule has 2 aliphatic rings. The number of benzene rings is 1. The van der Waals surface area contributed by atoms with E-state index in [-0.39, 0.29) is 10.7 Å². The first-order valence-electron chi connectivity index (χ1n) is 6.44. The first kappa shape index (κ1) is 13.0. The number of hydrogen-bond acceptors (Lipinski definition) is 3. The van der Waals surface area contributed by atoms with E-state index in [2.05, 4.69) is 10.3 Å². The average Bonchev–Trinajstić information content (AvgIpc) is 2.93. The molecule has 0 unspecified atom stereocenters. The van der Waals surface area contributed by atoms with Crippen molar-refractivity contribution in [1.82, 2.24) is 0 Å². The zero-order chi connectivity index (χ0) is 13.5. The van der Waals surface area contributed by atoms with Crippen LogP contribution in [0, 0.1) is 6.92 Å². The number of hydrogen-bond donors (Lipinski definition) is 1. The monoisotopic (exact) mass is 294 g/mol. The van der Waals surface area contributed by atoms with E-state index in [1.165, 1.54) is 0 Å². The molecule has 0 saturated heterocycles. The third kappa shape index (κ3) is 2.39. The molecule has 0 atom stereocenters. The minimum Gasteiger partial charge on any atom is -0.333 e. The smallest absolute Gasteiger partial charge is 0.264 e. The van der Waals surface area contributed by atoms with Crippen molar-refractivity contribution < 1.29 is 4.79 Å². The van der Waals surface area contributed by atoms with Crippen molar-refractivity contribution in [3.63, 3.8) is 0 Å². The van der Waals surface area contributed by atoms with E-state index in [4.69, 9.17) is 11.6 Å². The van der Waals surface area contributed by atoms with Crippen LogP contribution in [0.1, 0.15) is 31.2 Å². The highest BCUT2D eigenvalue weighted by atomic mass is 35.5. The van der Waals surface area contributed by atoms with E-state index in [1.807, 2.05) is 25.1 Å². The number of carbonyl (C=O) groups is 1. The zero-order valence-electron chi connectivity index (χ0n) is 10.7. The lowest BCUT2D eigenvalue weighted by atomic mass is 10.1. The summed E-state index contributed by atoms with van der Waals surface area (Å²) in [6.07, 6.45) is 4.11. The van der Waals surface area contributed by atoms with E-state index < -0.39 is 0 Å². The lowest BCUT2D eigenvalue weighted by Gasteiger charge is -2.17. The van der Waals surface area contributed by atoms with Gasteiger partial charge in [0.2, 0.25) is 0 Å². The summed E-state index contributed by atoms with van der Waals surface area (Å²) in [5, 5.41) is 4.51. The number of aliphatic imine (C=N–C) groups is 1. The molecule has 1 aromatic rings. The van der Waals surface area contributed by atoms with E-state index in [0.29, 0.717) is 10.2 Å². The Balaban J connectivity index is 1.78. The van der Waals surface area contributed by atoms with E-state index in [9.17, 15) is 4.79 Å². The third-order valence-corrected chi connectivity index (χ3v) is 5.34. The number of aryl methyl sites for hydroxylation is 1. The lowest BCUT2D eigenvalue weighted by Crippen LogP contribution is -2.26. The maximum Gasteiger partial charge on any atom is 0.264 e. The predicted molar refractivity (Wildman–Crippen MR) is 81.0 cm³/mol. The molecular weight excluding hydrogens is 280 g/mol. The molecule has 100 valence electrons. The van der Waals surface area contributed by atoms with Crippen LogP contribution in [0.3, 0.4) is 0 Å². The molecule has 19 heavy (non-hydrogen) atoms. The van der Waals surface area contributed by atoms with Crippen molar-refractivity contribution >= 4 is 40.1 Å². The number of halogens is 1. The number of amides is 1. The Bertz CT molecular complexity index is 565. The fourth-order valence-electron chi connectivity index (χ4n) is 2.60. The van der Waals surface area contributed by atoms with E-state index in [1.54, 1.807) is 11.8 Å². The molecule has 1 saturated carbocycles. The lowest BCUT2D eigenvalue weighted by molar-refractivity contribution is -0.119. The average molecular weight is 295 g/mol. The van der Waals surface area contributed by atoms with Gasteiger partial charge in [0.15, 0.2) is 5.17 Å². The Labute approximate surface area is 121 Å². The van der Waals surface area contributed by atoms with Crippen molar-refractivity contribution in [3.05, 3.63) is 28.8 Å². The van der Waals surface area contributed by atoms with Gasteiger partial charge in [-0.3, -0.25) is 4.79 Å². The highest BCUT2D eigenvalue weighted by Gasteiger charge is 2.47. The van der Waals surface area contributed by atoms with Crippen LogP contribution >= 0.6 is 23.4 Å². The van der Waals surface area contributed by atoms with Crippen molar-refractivity contribution in [2.45, 2.75) is 37.4 Å². The fraction of sp³-hybridized carbons (Fsp3) is 0.429. The standard InChI is InChI=1S/C14H15ClN2OS/c1-9-4-5-11(10(15)8-9)16-13-17-12(18)14(19-13)6-2-3-7-14/h4-5,8H,2-3,6-7H2,1H3,(H,16,17,18). The molecule has 1 N–H and O–H groups in total. The molecule has 1 amide bonds. The Kier molecular flexibility index (Phi) is 3.31. The third-order valence-electron chi connectivity index (χ3n) is 3.66. The molecule has 1 aliphatic heterocycles. The highest BCUT2D eigenvalue weighted by molar-refractivity contribution is 8.16. The number of amidine groups is 1. The van der Waals surface area contributed by atoms with Crippen LogP contribution in [0.2, 0.25) is 5.02 Å². The van der Waals surface area contributed by atoms with E-state index in [0.717, 1.165) is 36.9 Å². The van der Waals surface area contributed by atoms with Crippen LogP contribution in [0.25, 0.3) is 0 Å². The van der Waals surface area contributed by atoms with Gasteiger partial charge in [0.05, 0.1) is 10.7 Å². The van der Waals surface area contributed by atoms with Crippen molar-refractivity contribution in [2.75, 3.05) is 5.32 Å². The quantitative estimate of drug-likeness (QED) is 0.851.